The Bertz CT molecular complexity index is 678. The molecule has 0 saturated carbocycles. The van der Waals surface area contributed by atoms with Crippen LogP contribution in [-0.4, -0.2) is 26.8 Å². The third-order valence-electron chi connectivity index (χ3n) is 2.72. The number of nitrogen functional groups attached to an aromatic ring is 1. The fourth-order valence-corrected chi connectivity index (χ4v) is 3.28. The van der Waals surface area contributed by atoms with Gasteiger partial charge in [0.05, 0.1) is 4.90 Å². The van der Waals surface area contributed by atoms with Crippen molar-refractivity contribution in [3.05, 3.63) is 48.5 Å². The molecule has 0 amide bonds. The van der Waals surface area contributed by atoms with Crippen LogP contribution < -0.4 is 5.73 Å². The number of nitrogens with two attached hydrogens (primary N) is 1. The van der Waals surface area contributed by atoms with Crippen molar-refractivity contribution in [3.63, 3.8) is 0 Å². The van der Waals surface area contributed by atoms with Crippen molar-refractivity contribution < 1.29 is 8.42 Å². The van der Waals surface area contributed by atoms with E-state index in [4.69, 9.17) is 5.73 Å². The van der Waals surface area contributed by atoms with Crippen LogP contribution >= 0.6 is 11.8 Å². The lowest BCUT2D eigenvalue weighted by atomic mass is 10.3. The van der Waals surface area contributed by atoms with Gasteiger partial charge < -0.3 is 5.73 Å². The molecule has 0 atom stereocenters. The molecule has 2 aromatic rings. The minimum Gasteiger partial charge on any atom is -0.399 e. The molecule has 0 saturated heterocycles. The van der Waals surface area contributed by atoms with E-state index in [1.165, 1.54) is 18.4 Å². The Morgan fingerprint density at radius 3 is 1.80 bits per heavy atom. The summed E-state index contributed by atoms with van der Waals surface area (Å²) in [5.41, 5.74) is 6.36. The Balaban J connectivity index is 2.19. The largest absolute Gasteiger partial charge is 0.399 e. The molecule has 6 heteroatoms. The molecule has 4 nitrogen and oxygen atoms in total. The second-order valence-electron chi connectivity index (χ2n) is 4.43. The minimum atomic E-state index is -3.36. The topological polar surface area (TPSA) is 63.4 Å². The first kappa shape index (κ1) is 14.9. The van der Waals surface area contributed by atoms with Crippen LogP contribution in [-0.2, 0) is 10.0 Å². The molecular formula is C14H16N2O2S2. The molecule has 2 rings (SSSR count). The monoisotopic (exact) mass is 308 g/mol. The van der Waals surface area contributed by atoms with E-state index in [0.29, 0.717) is 4.90 Å². The fourth-order valence-electron chi connectivity index (χ4n) is 1.56. The van der Waals surface area contributed by atoms with Gasteiger partial charge in [-0.25, -0.2) is 12.7 Å². The lowest BCUT2D eigenvalue weighted by molar-refractivity contribution is 0.520. The van der Waals surface area contributed by atoms with Gasteiger partial charge in [0.2, 0.25) is 10.0 Å². The first-order chi connectivity index (χ1) is 9.39. The van der Waals surface area contributed by atoms with Gasteiger partial charge in [-0.1, -0.05) is 11.8 Å². The lowest BCUT2D eigenvalue weighted by Gasteiger charge is -2.11. The van der Waals surface area contributed by atoms with E-state index in [2.05, 4.69) is 0 Å². The highest BCUT2D eigenvalue weighted by molar-refractivity contribution is 7.99. The maximum atomic E-state index is 11.9. The fraction of sp³-hybridized carbons (Fsp3) is 0.143. The second-order valence-corrected chi connectivity index (χ2v) is 7.73. The summed E-state index contributed by atoms with van der Waals surface area (Å²) in [6.07, 6.45) is 0. The Morgan fingerprint density at radius 2 is 1.35 bits per heavy atom. The summed E-state index contributed by atoms with van der Waals surface area (Å²) >= 11 is 1.56. The van der Waals surface area contributed by atoms with Gasteiger partial charge in [0.1, 0.15) is 0 Å². The van der Waals surface area contributed by atoms with Crippen LogP contribution in [0.3, 0.4) is 0 Å². The summed E-state index contributed by atoms with van der Waals surface area (Å²) in [5.74, 6) is 0. The van der Waals surface area contributed by atoms with Crippen molar-refractivity contribution in [3.8, 4) is 0 Å². The van der Waals surface area contributed by atoms with E-state index >= 15 is 0 Å². The third kappa shape index (κ3) is 3.33. The van der Waals surface area contributed by atoms with Gasteiger partial charge in [-0.3, -0.25) is 0 Å². The predicted molar refractivity (Wildman–Crippen MR) is 82.3 cm³/mol. The number of benzene rings is 2. The zero-order valence-corrected chi connectivity index (χ0v) is 12.9. The molecule has 0 unspecified atom stereocenters. The first-order valence-electron chi connectivity index (χ1n) is 5.95. The van der Waals surface area contributed by atoms with Gasteiger partial charge >= 0.3 is 0 Å². The molecule has 20 heavy (non-hydrogen) atoms. The normalized spacial score (nSPS) is 11.8. The van der Waals surface area contributed by atoms with Crippen LogP contribution in [0.5, 0.6) is 0 Å². The van der Waals surface area contributed by atoms with E-state index in [0.717, 1.165) is 15.5 Å². The number of rotatable bonds is 4. The molecule has 0 spiro atoms. The van der Waals surface area contributed by atoms with Crippen LogP contribution in [0.15, 0.2) is 63.2 Å². The Morgan fingerprint density at radius 1 is 0.900 bits per heavy atom. The Hall–Kier alpha value is -1.50. The van der Waals surface area contributed by atoms with Gasteiger partial charge in [-0.05, 0) is 48.5 Å². The van der Waals surface area contributed by atoms with Gasteiger partial charge in [-0.2, -0.15) is 0 Å². The molecule has 0 heterocycles. The highest BCUT2D eigenvalue weighted by atomic mass is 32.2. The summed E-state index contributed by atoms with van der Waals surface area (Å²) in [4.78, 5) is 2.33. The van der Waals surface area contributed by atoms with Crippen molar-refractivity contribution >= 4 is 27.5 Å². The molecule has 106 valence electrons. The smallest absolute Gasteiger partial charge is 0.242 e. The maximum Gasteiger partial charge on any atom is 0.242 e. The van der Waals surface area contributed by atoms with Crippen LogP contribution in [0.1, 0.15) is 0 Å². The van der Waals surface area contributed by atoms with Gasteiger partial charge in [0.25, 0.3) is 0 Å². The summed E-state index contributed by atoms with van der Waals surface area (Å²) in [7, 11) is -0.324. The molecule has 0 aliphatic carbocycles. The standard InChI is InChI=1S/C14H16N2O2S2/c1-16(2)20(17,18)14-9-7-13(8-10-14)19-12-5-3-11(15)4-6-12/h3-10H,15H2,1-2H3. The average molecular weight is 308 g/mol. The maximum absolute atomic E-state index is 11.9. The van der Waals surface area contributed by atoms with Crippen LogP contribution in [0.25, 0.3) is 0 Å². The predicted octanol–water partition coefficient (Wildman–Crippen LogP) is 2.67. The van der Waals surface area contributed by atoms with Gasteiger partial charge in [0.15, 0.2) is 0 Å². The molecule has 0 aliphatic rings. The Kier molecular flexibility index (Phi) is 4.37. The number of hydrogen-bond donors (Lipinski definition) is 1. The van der Waals surface area contributed by atoms with Crippen molar-refractivity contribution in [2.45, 2.75) is 14.7 Å². The van der Waals surface area contributed by atoms with Crippen LogP contribution in [0.4, 0.5) is 5.69 Å². The molecular weight excluding hydrogens is 292 g/mol. The van der Waals surface area contributed by atoms with Crippen LogP contribution in [0, 0.1) is 0 Å². The number of nitrogens with zero attached hydrogens (tertiary/aromatic N) is 1. The number of sulfonamides is 1. The second kappa shape index (κ2) is 5.87. The molecule has 2 aromatic carbocycles. The van der Waals surface area contributed by atoms with E-state index in [1.807, 2.05) is 24.3 Å². The lowest BCUT2D eigenvalue weighted by Crippen LogP contribution is -2.22. The third-order valence-corrected chi connectivity index (χ3v) is 5.56. The quantitative estimate of drug-likeness (QED) is 0.882. The van der Waals surface area contributed by atoms with E-state index in [1.54, 1.807) is 36.0 Å². The molecule has 0 fully saturated rings. The van der Waals surface area contributed by atoms with Crippen molar-refractivity contribution in [2.75, 3.05) is 19.8 Å². The van der Waals surface area contributed by atoms with E-state index < -0.39 is 10.0 Å². The van der Waals surface area contributed by atoms with E-state index in [9.17, 15) is 8.42 Å². The summed E-state index contributed by atoms with van der Waals surface area (Å²) < 4.78 is 25.1. The van der Waals surface area contributed by atoms with Gasteiger partial charge in [0, 0.05) is 29.6 Å². The highest BCUT2D eigenvalue weighted by Crippen LogP contribution is 2.29. The summed E-state index contributed by atoms with van der Waals surface area (Å²) in [6.45, 7) is 0. The zero-order chi connectivity index (χ0) is 14.8. The molecule has 2 N–H and O–H groups in total. The molecule has 0 aliphatic heterocycles. The van der Waals surface area contributed by atoms with Crippen molar-refractivity contribution in [2.24, 2.45) is 0 Å². The summed E-state index contributed by atoms with van der Waals surface area (Å²) in [5, 5.41) is 0. The zero-order valence-electron chi connectivity index (χ0n) is 11.3. The van der Waals surface area contributed by atoms with Crippen LogP contribution in [0.2, 0.25) is 0 Å². The van der Waals surface area contributed by atoms with E-state index in [-0.39, 0.29) is 0 Å². The van der Waals surface area contributed by atoms with Crippen molar-refractivity contribution in [1.29, 1.82) is 0 Å². The number of hydrogen-bond acceptors (Lipinski definition) is 4. The molecule has 0 aromatic heterocycles. The highest BCUT2D eigenvalue weighted by Gasteiger charge is 2.16. The van der Waals surface area contributed by atoms with Crippen molar-refractivity contribution in [1.82, 2.24) is 4.31 Å². The minimum absolute atomic E-state index is 0.296. The average Bonchev–Trinajstić information content (AvgIpc) is 2.42. The first-order valence-corrected chi connectivity index (χ1v) is 8.21. The molecule has 0 radical (unpaired) electrons. The molecule has 0 bridgehead atoms. The summed E-state index contributed by atoms with van der Waals surface area (Å²) in [6, 6.07) is 14.4. The number of anilines is 1. The van der Waals surface area contributed by atoms with Gasteiger partial charge in [-0.15, -0.1) is 0 Å². The Labute approximate surface area is 123 Å². The SMILES string of the molecule is CN(C)S(=O)(=O)c1ccc(Sc2ccc(N)cc2)cc1.